The normalized spacial score (nSPS) is 13.0. The van der Waals surface area contributed by atoms with Gasteiger partial charge in [0.05, 0.1) is 6.10 Å². The summed E-state index contributed by atoms with van der Waals surface area (Å²) in [4.78, 5) is 0. The van der Waals surface area contributed by atoms with Crippen LogP contribution in [0.5, 0.6) is 0 Å². The second-order valence-corrected chi connectivity index (χ2v) is 5.79. The molecule has 17 heavy (non-hydrogen) atoms. The van der Waals surface area contributed by atoms with E-state index in [9.17, 15) is 0 Å². The van der Waals surface area contributed by atoms with Gasteiger partial charge in [0.25, 0.3) is 0 Å². The molecule has 1 nitrogen and oxygen atoms in total. The molecule has 0 aliphatic carbocycles. The van der Waals surface area contributed by atoms with Crippen LogP contribution in [0.4, 0.5) is 0 Å². The predicted molar refractivity (Wildman–Crippen MR) is 77.8 cm³/mol. The van der Waals surface area contributed by atoms with E-state index in [-0.39, 0.29) is 0 Å². The fourth-order valence-corrected chi connectivity index (χ4v) is 2.41. The van der Waals surface area contributed by atoms with Gasteiger partial charge in [-0.05, 0) is 50.3 Å². The Morgan fingerprint density at radius 1 is 1.35 bits per heavy atom. The summed E-state index contributed by atoms with van der Waals surface area (Å²) in [6, 6.07) is 8.41. The molecule has 0 saturated carbocycles. The van der Waals surface area contributed by atoms with Crippen LogP contribution in [0.15, 0.2) is 28.7 Å². The fourth-order valence-electron chi connectivity index (χ4n) is 1.70. The maximum atomic E-state index is 6.01. The molecule has 0 N–H and O–H groups in total. The summed E-state index contributed by atoms with van der Waals surface area (Å²) >= 11 is 9.49. The molecule has 3 heteroatoms. The van der Waals surface area contributed by atoms with E-state index in [1.54, 1.807) is 0 Å². The highest BCUT2D eigenvalue weighted by Gasteiger charge is 2.09. The van der Waals surface area contributed by atoms with Crippen LogP contribution in [0.25, 0.3) is 0 Å². The number of hydrogen-bond donors (Lipinski definition) is 0. The van der Waals surface area contributed by atoms with Crippen molar-refractivity contribution in [3.8, 4) is 0 Å². The average Bonchev–Trinajstić information content (AvgIpc) is 2.27. The van der Waals surface area contributed by atoms with Crippen molar-refractivity contribution in [3.63, 3.8) is 0 Å². The molecule has 1 aromatic rings. The Hall–Kier alpha value is -0.0500. The van der Waals surface area contributed by atoms with Crippen LogP contribution in [0.1, 0.15) is 25.8 Å². The molecule has 0 spiro atoms. The maximum absolute atomic E-state index is 6.01. The first-order valence-corrected chi connectivity index (χ1v) is 7.36. The number of alkyl halides is 1. The minimum atomic E-state index is 0.303. The first kappa shape index (κ1) is 15.0. The highest BCUT2D eigenvalue weighted by Crippen LogP contribution is 2.18. The van der Waals surface area contributed by atoms with Crippen LogP contribution >= 0.6 is 27.5 Å². The third-order valence-corrected chi connectivity index (χ3v) is 3.54. The van der Waals surface area contributed by atoms with Gasteiger partial charge in [-0.3, -0.25) is 0 Å². The Balaban J connectivity index is 2.41. The number of ether oxygens (including phenoxy) is 1. The lowest BCUT2D eigenvalue weighted by Crippen LogP contribution is -2.12. The van der Waals surface area contributed by atoms with Crippen LogP contribution < -0.4 is 0 Å². The van der Waals surface area contributed by atoms with Gasteiger partial charge in [-0.2, -0.15) is 0 Å². The van der Waals surface area contributed by atoms with Crippen molar-refractivity contribution >= 4 is 27.5 Å². The van der Waals surface area contributed by atoms with Gasteiger partial charge in [0.2, 0.25) is 0 Å². The lowest BCUT2D eigenvalue weighted by molar-refractivity contribution is 0.0700. The van der Waals surface area contributed by atoms with Crippen molar-refractivity contribution in [2.24, 2.45) is 5.92 Å². The van der Waals surface area contributed by atoms with Crippen LogP contribution in [0.3, 0.4) is 0 Å². The van der Waals surface area contributed by atoms with Crippen molar-refractivity contribution in [1.29, 1.82) is 0 Å². The quantitative estimate of drug-likeness (QED) is 0.664. The maximum Gasteiger partial charge on any atom is 0.0518 e. The van der Waals surface area contributed by atoms with Gasteiger partial charge < -0.3 is 4.74 Å². The fraction of sp³-hybridized carbons (Fsp3) is 0.571. The highest BCUT2D eigenvalue weighted by molar-refractivity contribution is 9.10. The van der Waals surface area contributed by atoms with Gasteiger partial charge >= 0.3 is 0 Å². The molecule has 0 radical (unpaired) electrons. The van der Waals surface area contributed by atoms with Gasteiger partial charge in [0, 0.05) is 17.0 Å². The number of benzene rings is 1. The van der Waals surface area contributed by atoms with E-state index in [1.807, 2.05) is 6.07 Å². The van der Waals surface area contributed by atoms with E-state index >= 15 is 0 Å². The Kier molecular flexibility index (Phi) is 7.17. The van der Waals surface area contributed by atoms with E-state index in [0.29, 0.717) is 17.9 Å². The minimum Gasteiger partial charge on any atom is -0.379 e. The molecule has 0 heterocycles. The van der Waals surface area contributed by atoms with Gasteiger partial charge in [-0.1, -0.05) is 28.1 Å². The van der Waals surface area contributed by atoms with E-state index < -0.39 is 0 Å². The Morgan fingerprint density at radius 2 is 2.12 bits per heavy atom. The Morgan fingerprint density at radius 3 is 2.71 bits per heavy atom. The second-order valence-electron chi connectivity index (χ2n) is 4.56. The zero-order valence-corrected chi connectivity index (χ0v) is 12.8. The van der Waals surface area contributed by atoms with Crippen LogP contribution in [0, 0.1) is 5.92 Å². The van der Waals surface area contributed by atoms with E-state index in [2.05, 4.69) is 48.0 Å². The molecule has 0 bridgehead atoms. The predicted octanol–water partition coefficient (Wildman–Crippen LogP) is 4.66. The third kappa shape index (κ3) is 6.44. The topological polar surface area (TPSA) is 9.23 Å². The molecule has 0 aliphatic heterocycles. The van der Waals surface area contributed by atoms with Crippen LogP contribution in [-0.2, 0) is 11.2 Å². The minimum absolute atomic E-state index is 0.303. The zero-order valence-electron chi connectivity index (χ0n) is 10.5. The molecule has 96 valence electrons. The van der Waals surface area contributed by atoms with Crippen molar-refractivity contribution < 1.29 is 4.74 Å². The number of halogens is 2. The Labute approximate surface area is 118 Å². The molecule has 1 rings (SSSR count). The lowest BCUT2D eigenvalue weighted by Gasteiger charge is -2.15. The largest absolute Gasteiger partial charge is 0.379 e. The van der Waals surface area contributed by atoms with Gasteiger partial charge in [0.15, 0.2) is 0 Å². The SMILES string of the molecule is CC(C)OCCC(CCl)Cc1cccc(Br)c1. The van der Waals surface area contributed by atoms with Gasteiger partial charge in [-0.15, -0.1) is 11.6 Å². The number of rotatable bonds is 7. The van der Waals surface area contributed by atoms with Crippen molar-refractivity contribution in [3.05, 3.63) is 34.3 Å². The van der Waals surface area contributed by atoms with Crippen molar-refractivity contribution in [2.75, 3.05) is 12.5 Å². The smallest absolute Gasteiger partial charge is 0.0518 e. The van der Waals surface area contributed by atoms with Crippen LogP contribution in [-0.4, -0.2) is 18.6 Å². The molecular weight excluding hydrogens is 300 g/mol. The van der Waals surface area contributed by atoms with Crippen LogP contribution in [0.2, 0.25) is 0 Å². The Bertz CT molecular complexity index is 328. The summed E-state index contributed by atoms with van der Waals surface area (Å²) in [5, 5.41) is 0. The highest BCUT2D eigenvalue weighted by atomic mass is 79.9. The monoisotopic (exact) mass is 318 g/mol. The molecule has 0 aliphatic rings. The molecule has 0 aromatic heterocycles. The zero-order chi connectivity index (χ0) is 12.7. The third-order valence-electron chi connectivity index (χ3n) is 2.61. The molecule has 1 unspecified atom stereocenters. The first-order chi connectivity index (χ1) is 8.11. The molecular formula is C14H20BrClO. The van der Waals surface area contributed by atoms with Gasteiger partial charge in [0.1, 0.15) is 0 Å². The molecule has 1 atom stereocenters. The van der Waals surface area contributed by atoms with E-state index in [4.69, 9.17) is 16.3 Å². The number of hydrogen-bond acceptors (Lipinski definition) is 1. The summed E-state index contributed by atoms with van der Waals surface area (Å²) in [6.45, 7) is 4.91. The molecule has 1 aromatic carbocycles. The van der Waals surface area contributed by atoms with Gasteiger partial charge in [-0.25, -0.2) is 0 Å². The summed E-state index contributed by atoms with van der Waals surface area (Å²) in [6.07, 6.45) is 2.34. The summed E-state index contributed by atoms with van der Waals surface area (Å²) in [5.74, 6) is 1.18. The van der Waals surface area contributed by atoms with E-state index in [0.717, 1.165) is 23.9 Å². The summed E-state index contributed by atoms with van der Waals surface area (Å²) in [7, 11) is 0. The van der Waals surface area contributed by atoms with Crippen molar-refractivity contribution in [2.45, 2.75) is 32.8 Å². The standard InChI is InChI=1S/C14H20BrClO/c1-11(2)17-7-6-13(10-16)8-12-4-3-5-14(15)9-12/h3-5,9,11,13H,6-8,10H2,1-2H3. The molecule has 0 amide bonds. The lowest BCUT2D eigenvalue weighted by atomic mass is 9.98. The van der Waals surface area contributed by atoms with E-state index in [1.165, 1.54) is 5.56 Å². The average molecular weight is 320 g/mol. The summed E-state index contributed by atoms with van der Waals surface area (Å²) in [5.41, 5.74) is 1.33. The molecule has 0 saturated heterocycles. The first-order valence-electron chi connectivity index (χ1n) is 6.03. The second kappa shape index (κ2) is 8.12. The molecule has 0 fully saturated rings. The summed E-state index contributed by atoms with van der Waals surface area (Å²) < 4.78 is 6.69. The van der Waals surface area contributed by atoms with Crippen molar-refractivity contribution in [1.82, 2.24) is 0 Å².